The van der Waals surface area contributed by atoms with Gasteiger partial charge in [-0.1, -0.05) is 63.6 Å². The number of amides is 1. The first kappa shape index (κ1) is 35.1. The molecular formula is C40H52ClN5O3S. The highest BCUT2D eigenvalue weighted by molar-refractivity contribution is 7.92. The summed E-state index contributed by atoms with van der Waals surface area (Å²) in [6.45, 7) is 15.6. The molecule has 0 saturated heterocycles. The molecule has 1 aliphatic carbocycles. The highest BCUT2D eigenvalue weighted by Crippen LogP contribution is 2.56. The second-order valence-corrected chi connectivity index (χ2v) is 18.4. The molecule has 0 bridgehead atoms. The Morgan fingerprint density at radius 1 is 1.14 bits per heavy atom. The first-order valence-electron chi connectivity index (χ1n) is 18.4. The average molecular weight is 718 g/mol. The molecule has 3 aromatic rings. The molecule has 1 N–H and O–H groups in total. The van der Waals surface area contributed by atoms with Crippen LogP contribution < -0.4 is 14.4 Å². The van der Waals surface area contributed by atoms with Crippen molar-refractivity contribution in [3.63, 3.8) is 0 Å². The first-order chi connectivity index (χ1) is 23.8. The summed E-state index contributed by atoms with van der Waals surface area (Å²) in [5.74, 6) is 1.18. The third-order valence-corrected chi connectivity index (χ3v) is 15.5. The lowest BCUT2D eigenvalue weighted by Crippen LogP contribution is -2.46. The van der Waals surface area contributed by atoms with Gasteiger partial charge in [0.1, 0.15) is 15.7 Å². The van der Waals surface area contributed by atoms with Crippen molar-refractivity contribution in [3.8, 4) is 5.75 Å². The normalized spacial score (nSPS) is 34.2. The Balaban J connectivity index is 1.43. The SMILES string of the molecule is CC[C@@]12/C=C/C[C@H](C)[C@@H](C)S(=O)(NC(=O)c3cnn(C)c3)=NC(C)c3ccc4c(c31)N(C[C@H](C)[C@H]2C)C[C@@]1(CCCc2cc(Cl)ccc21)CO4. The monoisotopic (exact) mass is 717 g/mol. The minimum Gasteiger partial charge on any atom is -0.490 e. The number of hydrogen-bond donors (Lipinski definition) is 1. The quantitative estimate of drug-likeness (QED) is 0.275. The lowest BCUT2D eigenvalue weighted by molar-refractivity contribution is 0.0981. The van der Waals surface area contributed by atoms with Gasteiger partial charge in [0.15, 0.2) is 0 Å². The number of carbonyl (C=O) groups excluding carboxylic acids is 1. The first-order valence-corrected chi connectivity index (χ1v) is 20.3. The van der Waals surface area contributed by atoms with Crippen molar-refractivity contribution in [2.75, 3.05) is 24.6 Å². The fourth-order valence-corrected chi connectivity index (χ4v) is 11.7. The Labute approximate surface area is 303 Å². The highest BCUT2D eigenvalue weighted by Gasteiger charge is 2.49. The van der Waals surface area contributed by atoms with Crippen LogP contribution in [0.1, 0.15) is 106 Å². The number of allylic oxidation sites excluding steroid dienone is 2. The molecule has 50 heavy (non-hydrogen) atoms. The number of ether oxygens (including phenoxy) is 1. The van der Waals surface area contributed by atoms with E-state index in [4.69, 9.17) is 20.7 Å². The molecule has 8 nitrogen and oxygen atoms in total. The summed E-state index contributed by atoms with van der Waals surface area (Å²) in [6.07, 6.45) is 12.7. The maximum absolute atomic E-state index is 15.1. The molecule has 3 aliphatic heterocycles. The summed E-state index contributed by atoms with van der Waals surface area (Å²) in [5, 5.41) is 4.56. The van der Waals surface area contributed by atoms with E-state index >= 15 is 4.21 Å². The average Bonchev–Trinajstić information content (AvgIpc) is 3.43. The zero-order chi connectivity index (χ0) is 35.6. The predicted octanol–water partition coefficient (Wildman–Crippen LogP) is 8.34. The van der Waals surface area contributed by atoms with Crippen molar-refractivity contribution in [1.29, 1.82) is 0 Å². The van der Waals surface area contributed by atoms with E-state index in [1.54, 1.807) is 17.9 Å². The number of aromatic nitrogens is 2. The molecule has 4 heterocycles. The van der Waals surface area contributed by atoms with Crippen molar-refractivity contribution in [3.05, 3.63) is 87.7 Å². The number of rotatable bonds is 3. The topological polar surface area (TPSA) is 88.8 Å². The number of carbonyl (C=O) groups is 1. The standard InChI is InChI=1S/C40H52ClN5O3S/c1-8-40-18-9-11-25(2)29(6)50(48,44-38(47)31-20-42-45(7)22-31)43-28(5)33-14-16-35-37(36(33)40)46(21-26(3)27(40)4)23-39(24-49-35)17-10-12-30-19-32(41)13-15-34(30)39/h9,13-16,18-20,22,25-29H,8,10-12,17,21,23-24H2,1-7H3,(H,43,44,47,48)/b18-9+/t25-,26-,27+,28?,29+,39-,40-,50?/m0/s1. The van der Waals surface area contributed by atoms with Crippen LogP contribution in [-0.2, 0) is 34.2 Å². The van der Waals surface area contributed by atoms with Crippen molar-refractivity contribution in [1.82, 2.24) is 14.5 Å². The fraction of sp³-hybridized carbons (Fsp3) is 0.550. The van der Waals surface area contributed by atoms with E-state index in [1.807, 2.05) is 19.9 Å². The molecule has 1 amide bonds. The maximum Gasteiger partial charge on any atom is 0.266 e. The van der Waals surface area contributed by atoms with Crippen molar-refractivity contribution < 1.29 is 13.7 Å². The van der Waals surface area contributed by atoms with Gasteiger partial charge in [-0.2, -0.15) is 5.10 Å². The number of nitrogens with one attached hydrogen (secondary N) is 1. The molecule has 0 saturated carbocycles. The summed E-state index contributed by atoms with van der Waals surface area (Å²) in [5.41, 5.74) is 6.01. The van der Waals surface area contributed by atoms with Crippen LogP contribution in [0.25, 0.3) is 0 Å². The van der Waals surface area contributed by atoms with Gasteiger partial charge in [0.05, 0.1) is 35.3 Å². The largest absolute Gasteiger partial charge is 0.490 e. The maximum atomic E-state index is 15.1. The molecule has 268 valence electrons. The van der Waals surface area contributed by atoms with Crippen LogP contribution >= 0.6 is 11.6 Å². The summed E-state index contributed by atoms with van der Waals surface area (Å²) in [6, 6.07) is 10.2. The summed E-state index contributed by atoms with van der Waals surface area (Å²) in [4.78, 5) is 16.1. The lowest BCUT2D eigenvalue weighted by atomic mass is 9.63. The highest BCUT2D eigenvalue weighted by atomic mass is 35.5. The van der Waals surface area contributed by atoms with E-state index < -0.39 is 27.1 Å². The number of hydrogen-bond acceptors (Lipinski definition) is 6. The predicted molar refractivity (Wildman–Crippen MR) is 203 cm³/mol. The molecular weight excluding hydrogens is 666 g/mol. The van der Waals surface area contributed by atoms with Gasteiger partial charge in [-0.3, -0.25) is 14.2 Å². The Morgan fingerprint density at radius 3 is 2.68 bits per heavy atom. The molecule has 1 aromatic heterocycles. The molecule has 0 radical (unpaired) electrons. The Morgan fingerprint density at radius 2 is 1.94 bits per heavy atom. The zero-order valence-electron chi connectivity index (χ0n) is 30.5. The smallest absolute Gasteiger partial charge is 0.266 e. The number of nitrogens with zero attached hydrogens (tertiary/aromatic N) is 4. The number of halogens is 1. The third kappa shape index (κ3) is 5.76. The van der Waals surface area contributed by atoms with Crippen LogP contribution in [0.2, 0.25) is 5.02 Å². The van der Waals surface area contributed by atoms with E-state index in [-0.39, 0.29) is 16.7 Å². The van der Waals surface area contributed by atoms with E-state index in [0.29, 0.717) is 24.0 Å². The fourth-order valence-electron chi connectivity index (χ4n) is 9.40. The molecule has 2 aromatic carbocycles. The van der Waals surface area contributed by atoms with E-state index in [2.05, 4.69) is 78.8 Å². The van der Waals surface area contributed by atoms with Crippen molar-refractivity contribution in [2.45, 2.75) is 95.8 Å². The zero-order valence-corrected chi connectivity index (χ0v) is 32.1. The molecule has 4 aliphatic rings. The summed E-state index contributed by atoms with van der Waals surface area (Å²) < 4.78 is 31.7. The van der Waals surface area contributed by atoms with Crippen LogP contribution in [-0.4, -0.2) is 44.8 Å². The van der Waals surface area contributed by atoms with E-state index in [9.17, 15) is 4.79 Å². The minimum atomic E-state index is -3.23. The minimum absolute atomic E-state index is 0.00852. The Bertz CT molecular complexity index is 1970. The summed E-state index contributed by atoms with van der Waals surface area (Å²) >= 11 is 6.51. The van der Waals surface area contributed by atoms with Gasteiger partial charge < -0.3 is 9.64 Å². The Kier molecular flexibility index (Phi) is 9.15. The molecule has 7 rings (SSSR count). The van der Waals surface area contributed by atoms with Gasteiger partial charge in [-0.05, 0) is 104 Å². The van der Waals surface area contributed by atoms with Crippen molar-refractivity contribution >= 4 is 33.1 Å². The molecule has 8 atom stereocenters. The number of benzene rings is 2. The van der Waals surface area contributed by atoms with E-state index in [0.717, 1.165) is 67.2 Å². The molecule has 0 fully saturated rings. The van der Waals surface area contributed by atoms with Gasteiger partial charge in [-0.25, -0.2) is 8.57 Å². The lowest BCUT2D eigenvalue weighted by Gasteiger charge is -2.41. The number of aryl methyl sites for hydroxylation is 2. The van der Waals surface area contributed by atoms with Crippen LogP contribution in [0, 0.1) is 17.8 Å². The van der Waals surface area contributed by atoms with Crippen LogP contribution in [0.3, 0.4) is 0 Å². The van der Waals surface area contributed by atoms with Gasteiger partial charge in [0.25, 0.3) is 5.91 Å². The third-order valence-electron chi connectivity index (χ3n) is 12.7. The number of fused-ring (bicyclic) bond motifs is 2. The van der Waals surface area contributed by atoms with E-state index in [1.165, 1.54) is 22.9 Å². The molecule has 10 heteroatoms. The molecule has 2 unspecified atom stereocenters. The second kappa shape index (κ2) is 13.0. The van der Waals surface area contributed by atoms with Gasteiger partial charge in [0, 0.05) is 42.2 Å². The van der Waals surface area contributed by atoms with Crippen LogP contribution in [0.5, 0.6) is 5.75 Å². The molecule has 1 spiro atoms. The second-order valence-electron chi connectivity index (χ2n) is 15.6. The van der Waals surface area contributed by atoms with Gasteiger partial charge in [-0.15, -0.1) is 0 Å². The van der Waals surface area contributed by atoms with Crippen LogP contribution in [0.4, 0.5) is 5.69 Å². The van der Waals surface area contributed by atoms with Crippen LogP contribution in [0.15, 0.2) is 59.2 Å². The summed E-state index contributed by atoms with van der Waals surface area (Å²) in [7, 11) is -1.46. The van der Waals surface area contributed by atoms with Gasteiger partial charge in [0.2, 0.25) is 0 Å². The van der Waals surface area contributed by atoms with Gasteiger partial charge >= 0.3 is 0 Å². The Hall–Kier alpha value is -3.30. The number of anilines is 1. The van der Waals surface area contributed by atoms with Crippen molar-refractivity contribution in [2.24, 2.45) is 29.2 Å².